The second kappa shape index (κ2) is 5.08. The number of benzene rings is 1. The molecule has 3 rings (SSSR count). The molecule has 0 fully saturated rings. The number of amides is 1. The lowest BCUT2D eigenvalue weighted by Gasteiger charge is -2.23. The first-order chi connectivity index (χ1) is 9.31. The van der Waals surface area contributed by atoms with Crippen LogP contribution in [0.5, 0.6) is 5.75 Å². The maximum atomic E-state index is 12.7. The number of ether oxygens (including phenoxy) is 1. The fraction of sp³-hybridized carbons (Fsp3) is 0.438. The SMILES string of the molecule is COc1ccccc1C(=O)N1CCC2=C1CCCC2. The number of hydrogen-bond acceptors (Lipinski definition) is 2. The van der Waals surface area contributed by atoms with Crippen molar-refractivity contribution in [3.05, 3.63) is 41.1 Å². The van der Waals surface area contributed by atoms with Crippen LogP contribution in [0, 0.1) is 0 Å². The molecule has 19 heavy (non-hydrogen) atoms. The molecule has 0 N–H and O–H groups in total. The van der Waals surface area contributed by atoms with E-state index in [-0.39, 0.29) is 5.91 Å². The number of allylic oxidation sites excluding steroid dienone is 1. The highest BCUT2D eigenvalue weighted by Crippen LogP contribution is 2.36. The largest absolute Gasteiger partial charge is 0.496 e. The summed E-state index contributed by atoms with van der Waals surface area (Å²) in [6.07, 6.45) is 5.75. The second-order valence-electron chi connectivity index (χ2n) is 5.16. The maximum Gasteiger partial charge on any atom is 0.261 e. The molecule has 0 atom stereocenters. The van der Waals surface area contributed by atoms with Crippen LogP contribution in [-0.4, -0.2) is 24.5 Å². The van der Waals surface area contributed by atoms with Crippen molar-refractivity contribution in [2.45, 2.75) is 32.1 Å². The molecule has 0 unspecified atom stereocenters. The van der Waals surface area contributed by atoms with Crippen LogP contribution in [0.3, 0.4) is 0 Å². The van der Waals surface area contributed by atoms with Gasteiger partial charge in [-0.25, -0.2) is 0 Å². The minimum absolute atomic E-state index is 0.0874. The molecule has 1 heterocycles. The molecule has 0 spiro atoms. The zero-order valence-electron chi connectivity index (χ0n) is 11.3. The molecule has 1 aromatic carbocycles. The van der Waals surface area contributed by atoms with Crippen LogP contribution in [0.1, 0.15) is 42.5 Å². The predicted octanol–water partition coefficient (Wildman–Crippen LogP) is 3.37. The Morgan fingerprint density at radius 1 is 1.16 bits per heavy atom. The van der Waals surface area contributed by atoms with Crippen molar-refractivity contribution in [2.24, 2.45) is 0 Å². The summed E-state index contributed by atoms with van der Waals surface area (Å²) in [5.41, 5.74) is 3.45. The molecule has 2 aliphatic rings. The summed E-state index contributed by atoms with van der Waals surface area (Å²) in [6, 6.07) is 7.48. The van der Waals surface area contributed by atoms with Gasteiger partial charge < -0.3 is 9.64 Å². The van der Waals surface area contributed by atoms with Crippen LogP contribution >= 0.6 is 0 Å². The smallest absolute Gasteiger partial charge is 0.261 e. The van der Waals surface area contributed by atoms with Crippen LogP contribution < -0.4 is 4.74 Å². The average Bonchev–Trinajstić information content (AvgIpc) is 2.90. The van der Waals surface area contributed by atoms with Gasteiger partial charge in [-0.1, -0.05) is 12.1 Å². The summed E-state index contributed by atoms with van der Waals surface area (Å²) in [7, 11) is 1.61. The molecule has 3 heteroatoms. The number of para-hydroxylation sites is 1. The highest BCUT2D eigenvalue weighted by atomic mass is 16.5. The van der Waals surface area contributed by atoms with Crippen LogP contribution in [-0.2, 0) is 0 Å². The summed E-state index contributed by atoms with van der Waals surface area (Å²) in [5.74, 6) is 0.752. The Morgan fingerprint density at radius 2 is 1.95 bits per heavy atom. The third kappa shape index (κ3) is 2.14. The van der Waals surface area contributed by atoms with Crippen LogP contribution in [0.4, 0.5) is 0 Å². The third-order valence-corrected chi connectivity index (χ3v) is 4.10. The molecule has 0 aromatic heterocycles. The van der Waals surface area contributed by atoms with Crippen molar-refractivity contribution in [3.63, 3.8) is 0 Å². The van der Waals surface area contributed by atoms with E-state index in [1.54, 1.807) is 7.11 Å². The maximum absolute atomic E-state index is 12.7. The standard InChI is InChI=1S/C16H19NO2/c1-19-15-9-5-3-7-13(15)16(18)17-11-10-12-6-2-4-8-14(12)17/h3,5,7,9H,2,4,6,8,10-11H2,1H3. The van der Waals surface area contributed by atoms with E-state index in [2.05, 4.69) is 0 Å². The minimum atomic E-state index is 0.0874. The minimum Gasteiger partial charge on any atom is -0.496 e. The van der Waals surface area contributed by atoms with Crippen molar-refractivity contribution >= 4 is 5.91 Å². The lowest BCUT2D eigenvalue weighted by atomic mass is 9.96. The molecular weight excluding hydrogens is 238 g/mol. The fourth-order valence-electron chi connectivity index (χ4n) is 3.12. The van der Waals surface area contributed by atoms with Crippen molar-refractivity contribution in [2.75, 3.05) is 13.7 Å². The van der Waals surface area contributed by atoms with Crippen LogP contribution in [0.15, 0.2) is 35.5 Å². The Labute approximate surface area is 113 Å². The zero-order chi connectivity index (χ0) is 13.2. The Kier molecular flexibility index (Phi) is 3.28. The summed E-state index contributed by atoms with van der Waals surface area (Å²) in [5, 5.41) is 0. The number of methoxy groups -OCH3 is 1. The average molecular weight is 257 g/mol. The topological polar surface area (TPSA) is 29.5 Å². The third-order valence-electron chi connectivity index (χ3n) is 4.10. The monoisotopic (exact) mass is 257 g/mol. The first-order valence-corrected chi connectivity index (χ1v) is 6.97. The number of carbonyl (C=O) groups is 1. The van der Waals surface area contributed by atoms with Gasteiger partial charge in [0.1, 0.15) is 5.75 Å². The van der Waals surface area contributed by atoms with E-state index in [0.29, 0.717) is 11.3 Å². The van der Waals surface area contributed by atoms with Crippen molar-refractivity contribution in [1.82, 2.24) is 4.90 Å². The molecule has 1 amide bonds. The molecule has 100 valence electrons. The van der Waals surface area contributed by atoms with Gasteiger partial charge in [-0.05, 0) is 49.8 Å². The van der Waals surface area contributed by atoms with Gasteiger partial charge in [0.15, 0.2) is 0 Å². The quantitative estimate of drug-likeness (QED) is 0.813. The Bertz CT molecular complexity index is 533. The number of rotatable bonds is 2. The van der Waals surface area contributed by atoms with Crippen molar-refractivity contribution in [3.8, 4) is 5.75 Å². The van der Waals surface area contributed by atoms with Gasteiger partial charge in [0.2, 0.25) is 0 Å². The van der Waals surface area contributed by atoms with E-state index in [4.69, 9.17) is 4.74 Å². The number of hydrogen-bond donors (Lipinski definition) is 0. The van der Waals surface area contributed by atoms with Crippen molar-refractivity contribution in [1.29, 1.82) is 0 Å². The molecule has 0 saturated heterocycles. The first-order valence-electron chi connectivity index (χ1n) is 6.97. The van der Waals surface area contributed by atoms with E-state index in [1.807, 2.05) is 29.2 Å². The van der Waals surface area contributed by atoms with Gasteiger partial charge in [-0.3, -0.25) is 4.79 Å². The van der Waals surface area contributed by atoms with Gasteiger partial charge in [-0.2, -0.15) is 0 Å². The molecule has 3 nitrogen and oxygen atoms in total. The van der Waals surface area contributed by atoms with Crippen molar-refractivity contribution < 1.29 is 9.53 Å². The molecular formula is C16H19NO2. The van der Waals surface area contributed by atoms with E-state index in [9.17, 15) is 4.79 Å². The molecule has 1 aliphatic carbocycles. The van der Waals surface area contributed by atoms with Gasteiger partial charge in [0.25, 0.3) is 5.91 Å². The number of carbonyl (C=O) groups excluding carboxylic acids is 1. The Hall–Kier alpha value is -1.77. The second-order valence-corrected chi connectivity index (χ2v) is 5.16. The van der Waals surface area contributed by atoms with E-state index >= 15 is 0 Å². The van der Waals surface area contributed by atoms with Gasteiger partial charge in [0, 0.05) is 12.2 Å². The van der Waals surface area contributed by atoms with Gasteiger partial charge in [-0.15, -0.1) is 0 Å². The van der Waals surface area contributed by atoms with Crippen LogP contribution in [0.25, 0.3) is 0 Å². The number of nitrogens with zero attached hydrogens (tertiary/aromatic N) is 1. The lowest BCUT2D eigenvalue weighted by molar-refractivity contribution is 0.0810. The summed E-state index contributed by atoms with van der Waals surface area (Å²) in [6.45, 7) is 0.835. The Balaban J connectivity index is 1.90. The lowest BCUT2D eigenvalue weighted by Crippen LogP contribution is -2.28. The summed E-state index contributed by atoms with van der Waals surface area (Å²) >= 11 is 0. The molecule has 0 bridgehead atoms. The zero-order valence-corrected chi connectivity index (χ0v) is 11.3. The molecule has 1 aliphatic heterocycles. The highest BCUT2D eigenvalue weighted by Gasteiger charge is 2.30. The highest BCUT2D eigenvalue weighted by molar-refractivity contribution is 5.98. The fourth-order valence-corrected chi connectivity index (χ4v) is 3.12. The normalized spacial score (nSPS) is 18.5. The molecule has 0 radical (unpaired) electrons. The van der Waals surface area contributed by atoms with Gasteiger partial charge in [0.05, 0.1) is 12.7 Å². The predicted molar refractivity (Wildman–Crippen MR) is 74.1 cm³/mol. The molecule has 1 aromatic rings. The first kappa shape index (κ1) is 12.3. The van der Waals surface area contributed by atoms with E-state index in [0.717, 1.165) is 19.4 Å². The Morgan fingerprint density at radius 3 is 2.79 bits per heavy atom. The summed E-state index contributed by atoms with van der Waals surface area (Å²) in [4.78, 5) is 14.7. The van der Waals surface area contributed by atoms with E-state index in [1.165, 1.54) is 30.5 Å². The molecule has 0 saturated carbocycles. The van der Waals surface area contributed by atoms with E-state index < -0.39 is 0 Å². The van der Waals surface area contributed by atoms with Gasteiger partial charge >= 0.3 is 0 Å². The summed E-state index contributed by atoms with van der Waals surface area (Å²) < 4.78 is 5.30. The van der Waals surface area contributed by atoms with Crippen LogP contribution in [0.2, 0.25) is 0 Å².